The van der Waals surface area contributed by atoms with E-state index in [1.54, 1.807) is 11.8 Å². The maximum Gasteiger partial charge on any atom is 0.433 e. The van der Waals surface area contributed by atoms with Gasteiger partial charge in [0.2, 0.25) is 0 Å². The number of amides is 2. The summed E-state index contributed by atoms with van der Waals surface area (Å²) in [6.07, 6.45) is 3.71. The number of nitrogens with zero attached hydrogens (tertiary/aromatic N) is 4. The molecule has 36 heavy (non-hydrogen) atoms. The molecule has 1 aliphatic heterocycles. The van der Waals surface area contributed by atoms with Gasteiger partial charge in [-0.15, -0.1) is 0 Å². The Bertz CT molecular complexity index is 1110. The number of rotatable bonds is 5. The smallest absolute Gasteiger partial charge is 0.317 e. The lowest BCUT2D eigenvalue weighted by Crippen LogP contribution is -2.56. The first-order valence-electron chi connectivity index (χ1n) is 12.9. The first kappa shape index (κ1) is 25.1. The lowest BCUT2D eigenvalue weighted by molar-refractivity contribution is -0.141. The van der Waals surface area contributed by atoms with Crippen molar-refractivity contribution in [3.05, 3.63) is 59.4 Å². The molecule has 2 aliphatic carbocycles. The number of aryl methyl sites for hydroxylation is 1. The second kappa shape index (κ2) is 9.05. The van der Waals surface area contributed by atoms with Crippen molar-refractivity contribution in [1.29, 1.82) is 0 Å². The first-order valence-corrected chi connectivity index (χ1v) is 12.9. The summed E-state index contributed by atoms with van der Waals surface area (Å²) in [6, 6.07) is 11.5. The number of halogens is 3. The van der Waals surface area contributed by atoms with Crippen LogP contribution in [0.25, 0.3) is 0 Å². The minimum atomic E-state index is -4.51. The van der Waals surface area contributed by atoms with Crippen molar-refractivity contribution < 1.29 is 18.0 Å². The molecule has 2 heterocycles. The van der Waals surface area contributed by atoms with Gasteiger partial charge in [0.1, 0.15) is 5.69 Å². The third kappa shape index (κ3) is 4.17. The SMILES string of the molecule is Cc1cc(C(F)(F)F)ncc1N1CC2(CCC(c3ccccc3)(N(C)C)CC2)N(CC2CCC2)C1=O. The van der Waals surface area contributed by atoms with Gasteiger partial charge in [-0.1, -0.05) is 36.8 Å². The molecule has 194 valence electrons. The predicted octanol–water partition coefficient (Wildman–Crippen LogP) is 6.22. The molecule has 1 aromatic carbocycles. The average molecular weight is 501 g/mol. The summed E-state index contributed by atoms with van der Waals surface area (Å²) in [5, 5.41) is 0. The Morgan fingerprint density at radius 2 is 1.75 bits per heavy atom. The highest BCUT2D eigenvalue weighted by atomic mass is 19.4. The van der Waals surface area contributed by atoms with Gasteiger partial charge >= 0.3 is 12.2 Å². The molecule has 0 atom stereocenters. The minimum absolute atomic E-state index is 0.0939. The molecule has 1 spiro atoms. The van der Waals surface area contributed by atoms with Crippen molar-refractivity contribution in [3.8, 4) is 0 Å². The first-order chi connectivity index (χ1) is 17.1. The van der Waals surface area contributed by atoms with E-state index in [2.05, 4.69) is 53.1 Å². The normalized spacial score (nSPS) is 27.2. The van der Waals surface area contributed by atoms with Gasteiger partial charge in [0.15, 0.2) is 0 Å². The Morgan fingerprint density at radius 3 is 2.28 bits per heavy atom. The summed E-state index contributed by atoms with van der Waals surface area (Å²) >= 11 is 0. The van der Waals surface area contributed by atoms with E-state index in [-0.39, 0.29) is 17.1 Å². The van der Waals surface area contributed by atoms with Crippen LogP contribution in [0.15, 0.2) is 42.6 Å². The predicted molar refractivity (Wildman–Crippen MR) is 134 cm³/mol. The van der Waals surface area contributed by atoms with E-state index in [4.69, 9.17) is 0 Å². The van der Waals surface area contributed by atoms with Crippen LogP contribution in [0.1, 0.15) is 61.8 Å². The number of alkyl halides is 3. The summed E-state index contributed by atoms with van der Waals surface area (Å²) in [6.45, 7) is 2.85. The lowest BCUT2D eigenvalue weighted by Gasteiger charge is -2.51. The molecule has 2 aromatic rings. The zero-order chi connectivity index (χ0) is 25.7. The van der Waals surface area contributed by atoms with Crippen LogP contribution in [0.2, 0.25) is 0 Å². The van der Waals surface area contributed by atoms with E-state index in [1.807, 2.05) is 6.07 Å². The fraction of sp³-hybridized carbons (Fsp3) is 0.571. The topological polar surface area (TPSA) is 39.7 Å². The third-order valence-corrected chi connectivity index (χ3v) is 8.99. The molecule has 1 saturated heterocycles. The maximum absolute atomic E-state index is 13.8. The van der Waals surface area contributed by atoms with Crippen LogP contribution in [-0.2, 0) is 11.7 Å². The highest BCUT2D eigenvalue weighted by molar-refractivity contribution is 5.96. The largest absolute Gasteiger partial charge is 0.433 e. The Labute approximate surface area is 211 Å². The Balaban J connectivity index is 1.46. The van der Waals surface area contributed by atoms with Gasteiger partial charge in [0, 0.05) is 12.1 Å². The lowest BCUT2D eigenvalue weighted by atomic mass is 9.68. The Hall–Kier alpha value is -2.61. The quantitative estimate of drug-likeness (QED) is 0.489. The number of anilines is 1. The zero-order valence-corrected chi connectivity index (χ0v) is 21.3. The molecule has 3 fully saturated rings. The van der Waals surface area contributed by atoms with Crippen LogP contribution in [0.5, 0.6) is 0 Å². The molecule has 0 unspecified atom stereocenters. The van der Waals surface area contributed by atoms with E-state index in [0.29, 0.717) is 23.7 Å². The summed E-state index contributed by atoms with van der Waals surface area (Å²) in [7, 11) is 4.25. The molecular formula is C28H35F3N4O. The molecule has 5 rings (SSSR count). The standard InChI is InChI=1S/C28H35F3N4O/c1-20-16-24(28(29,30)31)32-17-23(20)34-19-26(35(25(34)36)18-21-8-7-9-21)12-14-27(15-13-26,33(2)3)22-10-5-4-6-11-22/h4-6,10-11,16-17,21H,7-9,12-15,18-19H2,1-3H3. The van der Waals surface area contributed by atoms with E-state index in [0.717, 1.165) is 51.1 Å². The number of benzene rings is 1. The minimum Gasteiger partial charge on any atom is -0.317 e. The highest BCUT2D eigenvalue weighted by Crippen LogP contribution is 2.50. The number of pyridine rings is 1. The second-order valence-corrected chi connectivity index (χ2v) is 11.1. The van der Waals surface area contributed by atoms with Crippen molar-refractivity contribution in [3.63, 3.8) is 0 Å². The number of hydrogen-bond donors (Lipinski definition) is 0. The van der Waals surface area contributed by atoms with Gasteiger partial charge in [0.05, 0.1) is 24.0 Å². The number of carbonyl (C=O) groups excluding carboxylic acids is 1. The molecule has 2 saturated carbocycles. The maximum atomic E-state index is 13.8. The van der Waals surface area contributed by atoms with Gasteiger partial charge in [0.25, 0.3) is 0 Å². The molecule has 2 amide bonds. The van der Waals surface area contributed by atoms with E-state index >= 15 is 0 Å². The average Bonchev–Trinajstić information content (AvgIpc) is 3.07. The molecular weight excluding hydrogens is 465 g/mol. The van der Waals surface area contributed by atoms with Crippen LogP contribution in [0.3, 0.4) is 0 Å². The number of hydrogen-bond acceptors (Lipinski definition) is 3. The highest BCUT2D eigenvalue weighted by Gasteiger charge is 2.55. The molecule has 0 bridgehead atoms. The van der Waals surface area contributed by atoms with E-state index < -0.39 is 11.9 Å². The third-order valence-electron chi connectivity index (χ3n) is 8.99. The fourth-order valence-corrected chi connectivity index (χ4v) is 6.48. The summed E-state index contributed by atoms with van der Waals surface area (Å²) in [5.41, 5.74) is 0.852. The second-order valence-electron chi connectivity index (χ2n) is 11.1. The van der Waals surface area contributed by atoms with Crippen molar-refractivity contribution >= 4 is 11.7 Å². The van der Waals surface area contributed by atoms with E-state index in [9.17, 15) is 18.0 Å². The van der Waals surface area contributed by atoms with Crippen LogP contribution in [-0.4, -0.2) is 53.5 Å². The van der Waals surface area contributed by atoms with Crippen molar-refractivity contribution in [1.82, 2.24) is 14.8 Å². The summed E-state index contributed by atoms with van der Waals surface area (Å²) in [5.74, 6) is 0.507. The Kier molecular flexibility index (Phi) is 6.30. The molecule has 3 aliphatic rings. The van der Waals surface area contributed by atoms with Crippen molar-refractivity contribution in [2.24, 2.45) is 5.92 Å². The zero-order valence-electron chi connectivity index (χ0n) is 21.3. The van der Waals surface area contributed by atoms with Gasteiger partial charge in [-0.25, -0.2) is 9.78 Å². The Morgan fingerprint density at radius 1 is 1.08 bits per heavy atom. The van der Waals surface area contributed by atoms with Crippen molar-refractivity contribution in [2.45, 2.75) is 69.1 Å². The monoisotopic (exact) mass is 500 g/mol. The van der Waals surface area contributed by atoms with Crippen LogP contribution >= 0.6 is 0 Å². The van der Waals surface area contributed by atoms with Gasteiger partial charge in [-0.05, 0) is 82.7 Å². The molecule has 1 aromatic heterocycles. The molecule has 0 N–H and O–H groups in total. The number of aromatic nitrogens is 1. The molecule has 8 heteroatoms. The van der Waals surface area contributed by atoms with Crippen LogP contribution in [0.4, 0.5) is 23.7 Å². The molecule has 0 radical (unpaired) electrons. The van der Waals surface area contributed by atoms with Crippen LogP contribution in [0, 0.1) is 12.8 Å². The number of urea groups is 1. The van der Waals surface area contributed by atoms with Crippen LogP contribution < -0.4 is 4.90 Å². The van der Waals surface area contributed by atoms with E-state index in [1.165, 1.54) is 18.2 Å². The van der Waals surface area contributed by atoms with Gasteiger partial charge < -0.3 is 4.90 Å². The summed E-state index contributed by atoms with van der Waals surface area (Å²) < 4.78 is 39.6. The fourth-order valence-electron chi connectivity index (χ4n) is 6.48. The molecule has 5 nitrogen and oxygen atoms in total. The van der Waals surface area contributed by atoms with Crippen molar-refractivity contribution in [2.75, 3.05) is 32.1 Å². The van der Waals surface area contributed by atoms with Gasteiger partial charge in [-0.3, -0.25) is 9.80 Å². The van der Waals surface area contributed by atoms with Gasteiger partial charge in [-0.2, -0.15) is 13.2 Å². The summed E-state index contributed by atoms with van der Waals surface area (Å²) in [4.78, 5) is 23.6. The number of carbonyl (C=O) groups is 1.